The minimum Gasteiger partial charge on any atom is -0.494 e. The highest BCUT2D eigenvalue weighted by atomic mass is 16.5. The van der Waals surface area contributed by atoms with Crippen molar-refractivity contribution in [2.75, 3.05) is 6.61 Å². The van der Waals surface area contributed by atoms with Crippen LogP contribution in [0.3, 0.4) is 0 Å². The Hall–Kier alpha value is -2.82. The molecule has 202 valence electrons. The topological polar surface area (TPSA) is 61.8 Å². The molecule has 1 fully saturated rings. The maximum Gasteiger partial charge on any atom is 0.343 e. The number of carbonyl (C=O) groups excluding carboxylic acids is 2. The molecule has 0 heterocycles. The molecule has 0 aliphatic heterocycles. The molecule has 3 rings (SSSR count). The molecular weight excluding hydrogens is 464 g/mol. The largest absolute Gasteiger partial charge is 0.494 e. The van der Waals surface area contributed by atoms with E-state index in [0.29, 0.717) is 23.5 Å². The van der Waals surface area contributed by atoms with Crippen molar-refractivity contribution >= 4 is 11.9 Å². The first-order valence-corrected chi connectivity index (χ1v) is 14.4. The number of carbonyl (C=O) groups is 2. The van der Waals surface area contributed by atoms with Crippen LogP contribution in [-0.4, -0.2) is 24.6 Å². The van der Waals surface area contributed by atoms with Gasteiger partial charge in [-0.1, -0.05) is 71.1 Å². The van der Waals surface area contributed by atoms with Crippen molar-refractivity contribution in [1.82, 2.24) is 0 Å². The summed E-state index contributed by atoms with van der Waals surface area (Å²) in [5.74, 6) is 0.380. The first kappa shape index (κ1) is 28.7. The zero-order chi connectivity index (χ0) is 26.1. The van der Waals surface area contributed by atoms with E-state index in [4.69, 9.17) is 14.2 Å². The van der Waals surface area contributed by atoms with E-state index in [1.54, 1.807) is 48.5 Å². The molecule has 37 heavy (non-hydrogen) atoms. The minimum absolute atomic E-state index is 0.0145. The molecule has 0 saturated heterocycles. The minimum atomic E-state index is -0.446. The first-order chi connectivity index (χ1) is 18.2. The lowest BCUT2D eigenvalue weighted by atomic mass is 9.98. The number of benzene rings is 2. The van der Waals surface area contributed by atoms with Gasteiger partial charge in [0.2, 0.25) is 0 Å². The highest BCUT2D eigenvalue weighted by molar-refractivity contribution is 5.92. The summed E-state index contributed by atoms with van der Waals surface area (Å²) in [4.78, 5) is 24.9. The van der Waals surface area contributed by atoms with Gasteiger partial charge in [-0.25, -0.2) is 9.59 Å². The van der Waals surface area contributed by atoms with Crippen LogP contribution in [0.25, 0.3) is 0 Å². The monoisotopic (exact) mass is 508 g/mol. The van der Waals surface area contributed by atoms with Crippen molar-refractivity contribution in [3.05, 3.63) is 59.7 Å². The lowest BCUT2D eigenvalue weighted by Gasteiger charge is -2.21. The molecule has 1 aliphatic carbocycles. The van der Waals surface area contributed by atoms with E-state index >= 15 is 0 Å². The summed E-state index contributed by atoms with van der Waals surface area (Å²) in [5.41, 5.74) is 0.918. The van der Waals surface area contributed by atoms with E-state index in [-0.39, 0.29) is 12.1 Å². The molecule has 2 aromatic carbocycles. The molecule has 5 heteroatoms. The predicted molar refractivity (Wildman–Crippen MR) is 147 cm³/mol. The van der Waals surface area contributed by atoms with E-state index in [1.807, 2.05) is 0 Å². The van der Waals surface area contributed by atoms with Gasteiger partial charge in [0.25, 0.3) is 0 Å². The molecule has 5 nitrogen and oxygen atoms in total. The zero-order valence-corrected chi connectivity index (χ0v) is 22.6. The smallest absolute Gasteiger partial charge is 0.343 e. The molecule has 0 N–H and O–H groups in total. The van der Waals surface area contributed by atoms with Crippen molar-refractivity contribution in [3.8, 4) is 11.5 Å². The summed E-state index contributed by atoms with van der Waals surface area (Å²) in [6, 6.07) is 13.6. The highest BCUT2D eigenvalue weighted by Crippen LogP contribution is 2.22. The van der Waals surface area contributed by atoms with Crippen molar-refractivity contribution < 1.29 is 23.8 Å². The molecule has 1 saturated carbocycles. The molecule has 0 atom stereocenters. The fourth-order valence-electron chi connectivity index (χ4n) is 4.69. The van der Waals surface area contributed by atoms with E-state index in [9.17, 15) is 9.59 Å². The Morgan fingerprint density at radius 2 is 1.16 bits per heavy atom. The fourth-order valence-corrected chi connectivity index (χ4v) is 4.69. The second-order valence-electron chi connectivity index (χ2n) is 10.1. The van der Waals surface area contributed by atoms with Crippen LogP contribution in [0, 0.1) is 0 Å². The maximum atomic E-state index is 12.5. The Balaban J connectivity index is 1.31. The average molecular weight is 509 g/mol. The summed E-state index contributed by atoms with van der Waals surface area (Å²) in [6.07, 6.45) is 18.3. The van der Waals surface area contributed by atoms with E-state index in [2.05, 4.69) is 6.92 Å². The van der Waals surface area contributed by atoms with Gasteiger partial charge in [0.15, 0.2) is 0 Å². The van der Waals surface area contributed by atoms with E-state index < -0.39 is 5.97 Å². The second-order valence-corrected chi connectivity index (χ2v) is 10.1. The normalized spacial score (nSPS) is 13.8. The Morgan fingerprint density at radius 3 is 1.76 bits per heavy atom. The van der Waals surface area contributed by atoms with Crippen LogP contribution in [0.4, 0.5) is 0 Å². The van der Waals surface area contributed by atoms with E-state index in [1.165, 1.54) is 64.2 Å². The van der Waals surface area contributed by atoms with Crippen molar-refractivity contribution in [3.63, 3.8) is 0 Å². The summed E-state index contributed by atoms with van der Waals surface area (Å²) >= 11 is 0. The van der Waals surface area contributed by atoms with Gasteiger partial charge >= 0.3 is 11.9 Å². The molecule has 1 aliphatic rings. The fraction of sp³-hybridized carbons (Fsp3) is 0.562. The molecule has 2 aromatic rings. The van der Waals surface area contributed by atoms with Gasteiger partial charge in [-0.05, 0) is 80.6 Å². The van der Waals surface area contributed by atoms with Crippen molar-refractivity contribution in [2.24, 2.45) is 0 Å². The Kier molecular flexibility index (Phi) is 13.1. The molecule has 0 radical (unpaired) electrons. The average Bonchev–Trinajstić information content (AvgIpc) is 2.93. The van der Waals surface area contributed by atoms with Crippen molar-refractivity contribution in [1.29, 1.82) is 0 Å². The number of unbranched alkanes of at least 4 members (excludes halogenated alkanes) is 9. The highest BCUT2D eigenvalue weighted by Gasteiger charge is 2.19. The van der Waals surface area contributed by atoms with Crippen LogP contribution in [0.15, 0.2) is 48.5 Å². The Labute approximate surface area is 222 Å². The second kappa shape index (κ2) is 16.8. The molecule has 0 aromatic heterocycles. The van der Waals surface area contributed by atoms with Crippen LogP contribution in [-0.2, 0) is 4.74 Å². The van der Waals surface area contributed by atoms with Crippen LogP contribution >= 0.6 is 0 Å². The van der Waals surface area contributed by atoms with Gasteiger partial charge in [0, 0.05) is 0 Å². The third-order valence-corrected chi connectivity index (χ3v) is 6.98. The third-order valence-electron chi connectivity index (χ3n) is 6.98. The molecule has 0 spiro atoms. The standard InChI is InChI=1S/C32H44O5/c1-2-3-4-5-6-7-8-9-10-14-25-35-28-21-17-26(18-22-28)32(34)37-30-23-19-27(20-24-30)31(33)36-29-15-12-11-13-16-29/h17-24,29H,2-16,25H2,1H3. The van der Waals surface area contributed by atoms with Crippen molar-refractivity contribution in [2.45, 2.75) is 109 Å². The van der Waals surface area contributed by atoms with Gasteiger partial charge in [-0.3, -0.25) is 0 Å². The first-order valence-electron chi connectivity index (χ1n) is 14.4. The Bertz CT molecular complexity index is 913. The van der Waals surface area contributed by atoms with Gasteiger partial charge in [-0.2, -0.15) is 0 Å². The third kappa shape index (κ3) is 11.0. The summed E-state index contributed by atoms with van der Waals surface area (Å²) in [7, 11) is 0. The summed E-state index contributed by atoms with van der Waals surface area (Å²) in [6.45, 7) is 2.95. The number of hydrogen-bond donors (Lipinski definition) is 0. The SMILES string of the molecule is CCCCCCCCCCCCOc1ccc(C(=O)Oc2ccc(C(=O)OC3CCCCC3)cc2)cc1. The summed E-state index contributed by atoms with van der Waals surface area (Å²) in [5, 5.41) is 0. The zero-order valence-electron chi connectivity index (χ0n) is 22.6. The predicted octanol–water partition coefficient (Wildman–Crippen LogP) is 8.70. The molecule has 0 amide bonds. The number of hydrogen-bond acceptors (Lipinski definition) is 5. The quantitative estimate of drug-likeness (QED) is 0.129. The molecule has 0 unspecified atom stereocenters. The number of esters is 2. The van der Waals surface area contributed by atoms with E-state index in [0.717, 1.165) is 37.9 Å². The molecular formula is C32H44O5. The summed E-state index contributed by atoms with van der Waals surface area (Å²) < 4.78 is 16.9. The van der Waals surface area contributed by atoms with Gasteiger partial charge in [0.1, 0.15) is 17.6 Å². The van der Waals surface area contributed by atoms with Crippen LogP contribution < -0.4 is 9.47 Å². The van der Waals surface area contributed by atoms with Crippen LogP contribution in [0.2, 0.25) is 0 Å². The Morgan fingerprint density at radius 1 is 0.649 bits per heavy atom. The van der Waals surface area contributed by atoms with Gasteiger partial charge in [-0.15, -0.1) is 0 Å². The van der Waals surface area contributed by atoms with Gasteiger partial charge in [0.05, 0.1) is 17.7 Å². The number of rotatable bonds is 16. The lowest BCUT2D eigenvalue weighted by Crippen LogP contribution is -2.20. The van der Waals surface area contributed by atoms with Crippen LogP contribution in [0.1, 0.15) is 124 Å². The van der Waals surface area contributed by atoms with Gasteiger partial charge < -0.3 is 14.2 Å². The van der Waals surface area contributed by atoms with Crippen LogP contribution in [0.5, 0.6) is 11.5 Å². The lowest BCUT2D eigenvalue weighted by molar-refractivity contribution is 0.0211. The molecule has 0 bridgehead atoms. The number of ether oxygens (including phenoxy) is 3. The maximum absolute atomic E-state index is 12.5.